The fourth-order valence-electron chi connectivity index (χ4n) is 2.94. The Kier molecular flexibility index (Phi) is 5.55. The highest BCUT2D eigenvalue weighted by Gasteiger charge is 2.30. The summed E-state index contributed by atoms with van der Waals surface area (Å²) in [6.45, 7) is 0.972. The van der Waals surface area contributed by atoms with Crippen LogP contribution in [-0.2, 0) is 9.59 Å². The second-order valence-electron chi connectivity index (χ2n) is 6.12. The second-order valence-corrected chi connectivity index (χ2v) is 6.12. The molecule has 1 aliphatic heterocycles. The third-order valence-electron chi connectivity index (χ3n) is 4.21. The number of anilines is 2. The van der Waals surface area contributed by atoms with Crippen LogP contribution in [0.2, 0.25) is 0 Å². The van der Waals surface area contributed by atoms with Gasteiger partial charge in [-0.1, -0.05) is 24.3 Å². The van der Waals surface area contributed by atoms with Gasteiger partial charge in [0.2, 0.25) is 0 Å². The highest BCUT2D eigenvalue weighted by atomic mass is 16.4. The topological polar surface area (TPSA) is 98.2 Å². The molecule has 2 aromatic carbocycles. The first-order valence-corrected chi connectivity index (χ1v) is 8.55. The van der Waals surface area contributed by atoms with E-state index in [-0.39, 0.29) is 6.03 Å². The lowest BCUT2D eigenvalue weighted by molar-refractivity contribution is -0.132. The van der Waals surface area contributed by atoms with Crippen LogP contribution in [0.1, 0.15) is 11.1 Å². The Hall–Kier alpha value is -3.87. The quantitative estimate of drug-likeness (QED) is 0.752. The van der Waals surface area contributed by atoms with Gasteiger partial charge in [0.05, 0.1) is 0 Å². The van der Waals surface area contributed by atoms with Crippen molar-refractivity contribution in [2.45, 2.75) is 0 Å². The first-order chi connectivity index (χ1) is 13.4. The van der Waals surface area contributed by atoms with E-state index >= 15 is 0 Å². The van der Waals surface area contributed by atoms with Crippen molar-refractivity contribution in [1.82, 2.24) is 0 Å². The van der Waals surface area contributed by atoms with Crippen LogP contribution < -0.4 is 9.80 Å². The minimum atomic E-state index is -1.04. The Morgan fingerprint density at radius 1 is 0.786 bits per heavy atom. The summed E-state index contributed by atoms with van der Waals surface area (Å²) >= 11 is 0. The first kappa shape index (κ1) is 18.9. The van der Waals surface area contributed by atoms with Crippen LogP contribution in [0.25, 0.3) is 12.2 Å². The summed E-state index contributed by atoms with van der Waals surface area (Å²) in [4.78, 5) is 37.5. The Balaban J connectivity index is 1.80. The van der Waals surface area contributed by atoms with Crippen molar-refractivity contribution in [3.63, 3.8) is 0 Å². The van der Waals surface area contributed by atoms with Gasteiger partial charge in [0.1, 0.15) is 0 Å². The van der Waals surface area contributed by atoms with Crippen molar-refractivity contribution in [3.05, 3.63) is 71.8 Å². The molecule has 2 aromatic rings. The van der Waals surface area contributed by atoms with Gasteiger partial charge in [-0.15, -0.1) is 0 Å². The largest absolute Gasteiger partial charge is 0.478 e. The van der Waals surface area contributed by atoms with Gasteiger partial charge in [0.15, 0.2) is 0 Å². The number of urea groups is 1. The van der Waals surface area contributed by atoms with Gasteiger partial charge in [-0.3, -0.25) is 9.80 Å². The molecule has 28 heavy (non-hydrogen) atoms. The molecule has 0 bridgehead atoms. The van der Waals surface area contributed by atoms with E-state index in [0.29, 0.717) is 35.6 Å². The van der Waals surface area contributed by atoms with E-state index in [2.05, 4.69) is 0 Å². The molecule has 3 rings (SSSR count). The molecule has 1 heterocycles. The number of rotatable bonds is 6. The van der Waals surface area contributed by atoms with Crippen LogP contribution in [0.4, 0.5) is 16.2 Å². The van der Waals surface area contributed by atoms with E-state index in [4.69, 9.17) is 10.2 Å². The molecule has 1 fully saturated rings. The van der Waals surface area contributed by atoms with Crippen molar-refractivity contribution in [2.75, 3.05) is 22.9 Å². The zero-order chi connectivity index (χ0) is 20.1. The van der Waals surface area contributed by atoms with Crippen molar-refractivity contribution in [1.29, 1.82) is 0 Å². The molecule has 1 saturated heterocycles. The summed E-state index contributed by atoms with van der Waals surface area (Å²) < 4.78 is 0. The predicted molar refractivity (Wildman–Crippen MR) is 106 cm³/mol. The van der Waals surface area contributed by atoms with Gasteiger partial charge in [-0.05, 0) is 47.5 Å². The number of carboxylic acid groups (broad SMARTS) is 2. The smallest absolute Gasteiger partial charge is 0.329 e. The molecule has 0 aliphatic carbocycles. The number of carbonyl (C=O) groups excluding carboxylic acids is 1. The summed E-state index contributed by atoms with van der Waals surface area (Å²) in [6.07, 6.45) is 5.05. The van der Waals surface area contributed by atoms with Crippen LogP contribution in [-0.4, -0.2) is 41.3 Å². The third-order valence-corrected chi connectivity index (χ3v) is 4.21. The molecular formula is C21H18N2O5. The maximum atomic E-state index is 12.9. The van der Waals surface area contributed by atoms with Crippen molar-refractivity contribution < 1.29 is 24.6 Å². The average Bonchev–Trinajstić information content (AvgIpc) is 3.06. The first-order valence-electron chi connectivity index (χ1n) is 8.55. The molecule has 0 spiro atoms. The number of carbonyl (C=O) groups is 3. The van der Waals surface area contributed by atoms with E-state index in [9.17, 15) is 14.4 Å². The molecule has 2 amide bonds. The molecule has 0 unspecified atom stereocenters. The van der Waals surface area contributed by atoms with Gasteiger partial charge < -0.3 is 10.2 Å². The molecule has 1 aliphatic rings. The Morgan fingerprint density at radius 2 is 1.21 bits per heavy atom. The highest BCUT2D eigenvalue weighted by Crippen LogP contribution is 2.27. The Bertz CT molecular complexity index is 903. The minimum Gasteiger partial charge on any atom is -0.478 e. The maximum absolute atomic E-state index is 12.9. The minimum absolute atomic E-state index is 0.196. The number of nitrogens with zero attached hydrogens (tertiary/aromatic N) is 2. The normalized spacial score (nSPS) is 14.4. The van der Waals surface area contributed by atoms with E-state index in [1.807, 2.05) is 0 Å². The van der Waals surface area contributed by atoms with E-state index in [0.717, 1.165) is 12.2 Å². The zero-order valence-electron chi connectivity index (χ0n) is 14.9. The van der Waals surface area contributed by atoms with E-state index in [1.54, 1.807) is 58.3 Å². The number of amides is 2. The number of aliphatic carboxylic acids is 2. The van der Waals surface area contributed by atoms with Gasteiger partial charge in [-0.25, -0.2) is 14.4 Å². The van der Waals surface area contributed by atoms with Crippen LogP contribution in [0.15, 0.2) is 60.7 Å². The lowest BCUT2D eigenvalue weighted by Crippen LogP contribution is -2.31. The average molecular weight is 378 g/mol. The second kappa shape index (κ2) is 8.22. The van der Waals surface area contributed by atoms with Crippen LogP contribution in [0.3, 0.4) is 0 Å². The van der Waals surface area contributed by atoms with Crippen LogP contribution in [0, 0.1) is 0 Å². The molecule has 0 radical (unpaired) electrons. The van der Waals surface area contributed by atoms with Crippen LogP contribution >= 0.6 is 0 Å². The van der Waals surface area contributed by atoms with Crippen molar-refractivity contribution in [3.8, 4) is 0 Å². The van der Waals surface area contributed by atoms with Crippen LogP contribution in [0.5, 0.6) is 0 Å². The number of hydrogen-bond acceptors (Lipinski definition) is 3. The van der Waals surface area contributed by atoms with Gasteiger partial charge in [-0.2, -0.15) is 0 Å². The van der Waals surface area contributed by atoms with E-state index < -0.39 is 11.9 Å². The van der Waals surface area contributed by atoms with E-state index in [1.165, 1.54) is 12.2 Å². The monoisotopic (exact) mass is 378 g/mol. The molecule has 142 valence electrons. The van der Waals surface area contributed by atoms with Gasteiger partial charge in [0.25, 0.3) is 0 Å². The summed E-state index contributed by atoms with van der Waals surface area (Å²) in [6, 6.07) is 14.0. The highest BCUT2D eigenvalue weighted by molar-refractivity contribution is 6.06. The number of carboxylic acids is 2. The Labute approximate surface area is 161 Å². The predicted octanol–water partition coefficient (Wildman–Crippen LogP) is 3.33. The van der Waals surface area contributed by atoms with Gasteiger partial charge in [0, 0.05) is 36.6 Å². The van der Waals surface area contributed by atoms with Crippen molar-refractivity contribution >= 4 is 41.5 Å². The molecule has 0 atom stereocenters. The Morgan fingerprint density at radius 3 is 1.61 bits per heavy atom. The summed E-state index contributed by atoms with van der Waals surface area (Å²) in [7, 11) is 0. The molecule has 2 N–H and O–H groups in total. The summed E-state index contributed by atoms with van der Waals surface area (Å²) in [5, 5.41) is 17.5. The summed E-state index contributed by atoms with van der Waals surface area (Å²) in [5.74, 6) is -2.07. The molecule has 0 saturated carbocycles. The standard InChI is InChI=1S/C21H18N2O5/c24-19(25)9-7-15-3-1-5-17(13-15)22-11-12-23(21(22)28)18-6-2-4-16(14-18)8-10-20(26)27/h1-10,13-14H,11-12H2,(H,24,25)(H,26,27)/b9-7+,10-8+. The number of benzene rings is 2. The molecule has 0 aromatic heterocycles. The van der Waals surface area contributed by atoms with Crippen molar-refractivity contribution in [2.24, 2.45) is 0 Å². The molecular weight excluding hydrogens is 360 g/mol. The molecule has 7 heteroatoms. The zero-order valence-corrected chi connectivity index (χ0v) is 14.9. The lowest BCUT2D eigenvalue weighted by Gasteiger charge is -2.19. The van der Waals surface area contributed by atoms with Gasteiger partial charge >= 0.3 is 18.0 Å². The lowest BCUT2D eigenvalue weighted by atomic mass is 10.1. The fraction of sp³-hybridized carbons (Fsp3) is 0.0952. The number of hydrogen-bond donors (Lipinski definition) is 2. The maximum Gasteiger partial charge on any atom is 0.329 e. The summed E-state index contributed by atoms with van der Waals surface area (Å²) in [5.41, 5.74) is 2.74. The molecule has 7 nitrogen and oxygen atoms in total. The fourth-order valence-corrected chi connectivity index (χ4v) is 2.94. The SMILES string of the molecule is O=C(O)/C=C/c1cccc(N2CCN(c3cccc(/C=C/C(=O)O)c3)C2=O)c1. The third kappa shape index (κ3) is 4.45.